The molecule has 0 spiro atoms. The van der Waals surface area contributed by atoms with Gasteiger partial charge in [-0.1, -0.05) is 19.9 Å². The van der Waals surface area contributed by atoms with Crippen LogP contribution in [-0.4, -0.2) is 0 Å². The maximum absolute atomic E-state index is 3.52. The molecular formula is C5H9K+. The maximum atomic E-state index is 3.52. The second-order valence-corrected chi connectivity index (χ2v) is 1.28. The van der Waals surface area contributed by atoms with Crippen LogP contribution in [0.4, 0.5) is 0 Å². The summed E-state index contributed by atoms with van der Waals surface area (Å²) in [6.45, 7) is 7.56. The predicted molar refractivity (Wildman–Crippen MR) is 24.8 cm³/mol. The smallest absolute Gasteiger partial charge is 0.103 e. The van der Waals surface area contributed by atoms with Crippen molar-refractivity contribution >= 4 is 0 Å². The summed E-state index contributed by atoms with van der Waals surface area (Å²) >= 11 is 0. The normalized spacial score (nSPS) is 7.17. The van der Waals surface area contributed by atoms with E-state index in [1.807, 2.05) is 19.9 Å². The van der Waals surface area contributed by atoms with Crippen LogP contribution in [0.5, 0.6) is 0 Å². The van der Waals surface area contributed by atoms with Crippen LogP contribution in [0.1, 0.15) is 13.8 Å². The zero-order valence-electron chi connectivity index (χ0n) is 4.78. The van der Waals surface area contributed by atoms with E-state index in [-0.39, 0.29) is 51.4 Å². The molecule has 0 bridgehead atoms. The molecule has 0 unspecified atom stereocenters. The van der Waals surface area contributed by atoms with Gasteiger partial charge in [-0.3, -0.25) is 0 Å². The molecule has 29 valence electrons. The van der Waals surface area contributed by atoms with Gasteiger partial charge in [0.1, 0.15) is 0 Å². The molecule has 0 aromatic carbocycles. The summed E-state index contributed by atoms with van der Waals surface area (Å²) in [5.74, 6) is 1.27. The monoisotopic (exact) mass is 108 g/mol. The van der Waals surface area contributed by atoms with Gasteiger partial charge >= 0.3 is 51.4 Å². The summed E-state index contributed by atoms with van der Waals surface area (Å²) in [6.07, 6.45) is 1.83. The molecule has 0 aliphatic carbocycles. The molecule has 0 aromatic rings. The Bertz CT molecular complexity index is 30.9. The van der Waals surface area contributed by atoms with Gasteiger partial charge in [0.15, 0.2) is 0 Å². The standard InChI is InChI=1S/C5H9.K/c1-4-5(2)3;/h4H,1H2,2-3H3;/q;+1. The SMILES string of the molecule is C=C[C](C)C.[K+]. The zero-order valence-corrected chi connectivity index (χ0v) is 7.91. The minimum atomic E-state index is 0. The summed E-state index contributed by atoms with van der Waals surface area (Å²) in [6, 6.07) is 0. The van der Waals surface area contributed by atoms with Crippen molar-refractivity contribution < 1.29 is 51.4 Å². The van der Waals surface area contributed by atoms with E-state index in [1.54, 1.807) is 0 Å². The van der Waals surface area contributed by atoms with Crippen LogP contribution < -0.4 is 51.4 Å². The zero-order chi connectivity index (χ0) is 4.28. The molecule has 0 amide bonds. The Kier molecular flexibility index (Phi) is 11.0. The molecule has 0 aromatic heterocycles. The van der Waals surface area contributed by atoms with Gasteiger partial charge in [0, 0.05) is 0 Å². The summed E-state index contributed by atoms with van der Waals surface area (Å²) in [5.41, 5.74) is 0. The fraction of sp³-hybridized carbons (Fsp3) is 0.400. The van der Waals surface area contributed by atoms with Crippen molar-refractivity contribution in [3.8, 4) is 0 Å². The summed E-state index contributed by atoms with van der Waals surface area (Å²) in [7, 11) is 0. The van der Waals surface area contributed by atoms with Crippen LogP contribution in [0.3, 0.4) is 0 Å². The first-order chi connectivity index (χ1) is 2.27. The molecule has 0 N–H and O–H groups in total. The van der Waals surface area contributed by atoms with Crippen LogP contribution in [-0.2, 0) is 0 Å². The molecule has 0 fully saturated rings. The Balaban J connectivity index is 0. The first-order valence-corrected chi connectivity index (χ1v) is 1.70. The van der Waals surface area contributed by atoms with Gasteiger partial charge in [-0.2, -0.15) is 0 Å². The molecule has 0 saturated heterocycles. The summed E-state index contributed by atoms with van der Waals surface area (Å²) < 4.78 is 0. The van der Waals surface area contributed by atoms with Gasteiger partial charge in [0.25, 0.3) is 0 Å². The maximum Gasteiger partial charge on any atom is 1.00 e. The minimum Gasteiger partial charge on any atom is -0.103 e. The van der Waals surface area contributed by atoms with E-state index in [9.17, 15) is 0 Å². The van der Waals surface area contributed by atoms with Gasteiger partial charge in [-0.25, -0.2) is 0 Å². The van der Waals surface area contributed by atoms with Gasteiger partial charge in [-0.05, 0) is 5.92 Å². The second kappa shape index (κ2) is 6.38. The minimum absolute atomic E-state index is 0. The van der Waals surface area contributed by atoms with Crippen LogP contribution in [0.2, 0.25) is 0 Å². The molecule has 0 atom stereocenters. The summed E-state index contributed by atoms with van der Waals surface area (Å²) in [4.78, 5) is 0. The molecule has 6 heavy (non-hydrogen) atoms. The summed E-state index contributed by atoms with van der Waals surface area (Å²) in [5, 5.41) is 0. The first-order valence-electron chi connectivity index (χ1n) is 1.70. The van der Waals surface area contributed by atoms with E-state index in [1.165, 1.54) is 5.92 Å². The fourth-order valence-corrected chi connectivity index (χ4v) is 0. The molecule has 0 saturated carbocycles. The molecular weight excluding hydrogens is 99.2 g/mol. The van der Waals surface area contributed by atoms with Crippen molar-refractivity contribution in [1.82, 2.24) is 0 Å². The van der Waals surface area contributed by atoms with Crippen LogP contribution in [0.25, 0.3) is 0 Å². The first kappa shape index (κ1) is 10.4. The quantitative estimate of drug-likeness (QED) is 0.370. The van der Waals surface area contributed by atoms with Gasteiger partial charge in [-0.15, -0.1) is 6.58 Å². The molecule has 0 nitrogen and oxygen atoms in total. The average Bonchev–Trinajstić information content (AvgIpc) is 1.38. The van der Waals surface area contributed by atoms with E-state index in [0.717, 1.165) is 0 Å². The van der Waals surface area contributed by atoms with Gasteiger partial charge in [0.05, 0.1) is 0 Å². The van der Waals surface area contributed by atoms with Crippen LogP contribution in [0.15, 0.2) is 12.7 Å². The third kappa shape index (κ3) is 9.03. The van der Waals surface area contributed by atoms with E-state index in [0.29, 0.717) is 0 Å². The van der Waals surface area contributed by atoms with Crippen molar-refractivity contribution in [2.24, 2.45) is 0 Å². The molecule has 0 aliphatic heterocycles. The van der Waals surface area contributed by atoms with Crippen molar-refractivity contribution in [2.75, 3.05) is 0 Å². The van der Waals surface area contributed by atoms with Gasteiger partial charge < -0.3 is 0 Å². The number of rotatable bonds is 1. The fourth-order valence-electron chi connectivity index (χ4n) is 0. The number of allylic oxidation sites excluding steroid dienone is 1. The van der Waals surface area contributed by atoms with E-state index >= 15 is 0 Å². The topological polar surface area (TPSA) is 0 Å². The number of hydrogen-bond donors (Lipinski definition) is 0. The Morgan fingerprint density at radius 3 is 1.67 bits per heavy atom. The largest absolute Gasteiger partial charge is 1.00 e. The van der Waals surface area contributed by atoms with Crippen molar-refractivity contribution in [1.29, 1.82) is 0 Å². The Labute approximate surface area is 82.4 Å². The van der Waals surface area contributed by atoms with E-state index < -0.39 is 0 Å². The molecule has 0 heterocycles. The Morgan fingerprint density at radius 2 is 1.67 bits per heavy atom. The van der Waals surface area contributed by atoms with E-state index in [2.05, 4.69) is 6.58 Å². The predicted octanol–water partition coefficient (Wildman–Crippen LogP) is -1.21. The molecule has 1 radical (unpaired) electrons. The van der Waals surface area contributed by atoms with Crippen molar-refractivity contribution in [2.45, 2.75) is 13.8 Å². The van der Waals surface area contributed by atoms with Crippen LogP contribution >= 0.6 is 0 Å². The van der Waals surface area contributed by atoms with Crippen LogP contribution in [0, 0.1) is 5.92 Å². The molecule has 0 aliphatic rings. The molecule has 1 heteroatoms. The third-order valence-corrected chi connectivity index (χ3v) is 0.408. The van der Waals surface area contributed by atoms with Crippen molar-refractivity contribution in [3.05, 3.63) is 18.6 Å². The Hall–Kier alpha value is 1.38. The number of hydrogen-bond acceptors (Lipinski definition) is 0. The van der Waals surface area contributed by atoms with Crippen molar-refractivity contribution in [3.63, 3.8) is 0 Å². The average molecular weight is 108 g/mol. The Morgan fingerprint density at radius 1 is 1.50 bits per heavy atom. The second-order valence-electron chi connectivity index (χ2n) is 1.28. The van der Waals surface area contributed by atoms with Gasteiger partial charge in [0.2, 0.25) is 0 Å². The molecule has 0 rings (SSSR count). The third-order valence-electron chi connectivity index (χ3n) is 0.408. The van der Waals surface area contributed by atoms with E-state index in [4.69, 9.17) is 0 Å².